The Morgan fingerprint density at radius 1 is 1.46 bits per heavy atom. The molecular formula is C12H18O. The number of hydrogen-bond acceptors (Lipinski definition) is 1. The first-order chi connectivity index (χ1) is 6.20. The van der Waals surface area contributed by atoms with E-state index in [1.807, 2.05) is 6.92 Å². The molecule has 0 aliphatic heterocycles. The predicted octanol–water partition coefficient (Wildman–Crippen LogP) is 3.41. The second-order valence-electron chi connectivity index (χ2n) is 3.86. The van der Waals surface area contributed by atoms with Crippen molar-refractivity contribution >= 4 is 5.78 Å². The highest BCUT2D eigenvalue weighted by molar-refractivity contribution is 5.95. The molecule has 0 atom stereocenters. The standard InChI is InChI=1S/C12H18O/c1-10(2)8-9-12(13)11-6-4-3-5-7-11/h6H,1,3-5,7-9H2,2H3. The first-order valence-electron chi connectivity index (χ1n) is 5.07. The molecule has 0 spiro atoms. The topological polar surface area (TPSA) is 17.1 Å². The number of rotatable bonds is 4. The average molecular weight is 178 g/mol. The van der Waals surface area contributed by atoms with Crippen molar-refractivity contribution in [2.75, 3.05) is 0 Å². The number of allylic oxidation sites excluding steroid dienone is 3. The largest absolute Gasteiger partial charge is 0.295 e. The van der Waals surface area contributed by atoms with Gasteiger partial charge in [0.1, 0.15) is 0 Å². The van der Waals surface area contributed by atoms with Gasteiger partial charge in [-0.2, -0.15) is 0 Å². The highest BCUT2D eigenvalue weighted by Gasteiger charge is 2.11. The van der Waals surface area contributed by atoms with Gasteiger partial charge in [-0.15, -0.1) is 6.58 Å². The van der Waals surface area contributed by atoms with E-state index in [0.29, 0.717) is 12.2 Å². The molecule has 0 N–H and O–H groups in total. The van der Waals surface area contributed by atoms with Crippen molar-refractivity contribution in [2.24, 2.45) is 0 Å². The van der Waals surface area contributed by atoms with Gasteiger partial charge in [-0.3, -0.25) is 4.79 Å². The van der Waals surface area contributed by atoms with E-state index in [0.717, 1.165) is 30.4 Å². The first-order valence-corrected chi connectivity index (χ1v) is 5.07. The normalized spacial score (nSPS) is 16.5. The van der Waals surface area contributed by atoms with E-state index in [1.54, 1.807) is 0 Å². The third-order valence-electron chi connectivity index (χ3n) is 2.43. The highest BCUT2D eigenvalue weighted by atomic mass is 16.1. The van der Waals surface area contributed by atoms with Gasteiger partial charge >= 0.3 is 0 Å². The van der Waals surface area contributed by atoms with Crippen molar-refractivity contribution in [3.8, 4) is 0 Å². The number of Topliss-reactive ketones (excluding diaryl/α,β-unsaturated/α-hetero) is 1. The van der Waals surface area contributed by atoms with Crippen LogP contribution in [0, 0.1) is 0 Å². The summed E-state index contributed by atoms with van der Waals surface area (Å²) < 4.78 is 0. The van der Waals surface area contributed by atoms with Gasteiger partial charge in [0.05, 0.1) is 0 Å². The predicted molar refractivity (Wildman–Crippen MR) is 55.6 cm³/mol. The minimum atomic E-state index is 0.336. The average Bonchev–Trinajstić information content (AvgIpc) is 2.15. The quantitative estimate of drug-likeness (QED) is 0.603. The van der Waals surface area contributed by atoms with Crippen LogP contribution in [-0.4, -0.2) is 5.78 Å². The van der Waals surface area contributed by atoms with Crippen molar-refractivity contribution in [3.63, 3.8) is 0 Å². The van der Waals surface area contributed by atoms with E-state index in [4.69, 9.17) is 0 Å². The molecule has 0 amide bonds. The van der Waals surface area contributed by atoms with Crippen LogP contribution in [0.1, 0.15) is 45.4 Å². The Labute approximate surface area is 80.5 Å². The van der Waals surface area contributed by atoms with E-state index in [1.165, 1.54) is 12.8 Å². The molecule has 0 aromatic rings. The van der Waals surface area contributed by atoms with Crippen LogP contribution in [0.5, 0.6) is 0 Å². The lowest BCUT2D eigenvalue weighted by molar-refractivity contribution is -0.115. The van der Waals surface area contributed by atoms with Crippen molar-refractivity contribution in [1.29, 1.82) is 0 Å². The minimum Gasteiger partial charge on any atom is -0.295 e. The molecule has 0 fully saturated rings. The second-order valence-corrected chi connectivity index (χ2v) is 3.86. The Bertz CT molecular complexity index is 236. The molecule has 1 heteroatoms. The Balaban J connectivity index is 2.38. The fourth-order valence-electron chi connectivity index (χ4n) is 1.58. The van der Waals surface area contributed by atoms with Crippen LogP contribution in [0.4, 0.5) is 0 Å². The molecule has 1 aliphatic carbocycles. The van der Waals surface area contributed by atoms with Crippen LogP contribution in [0.15, 0.2) is 23.8 Å². The minimum absolute atomic E-state index is 0.336. The monoisotopic (exact) mass is 178 g/mol. The second kappa shape index (κ2) is 5.00. The van der Waals surface area contributed by atoms with Crippen LogP contribution in [0.2, 0.25) is 0 Å². The maximum Gasteiger partial charge on any atom is 0.158 e. The van der Waals surface area contributed by atoms with Crippen LogP contribution >= 0.6 is 0 Å². The molecular weight excluding hydrogens is 160 g/mol. The van der Waals surface area contributed by atoms with E-state index in [2.05, 4.69) is 12.7 Å². The molecule has 1 nitrogen and oxygen atoms in total. The van der Waals surface area contributed by atoms with Gasteiger partial charge in [-0.1, -0.05) is 11.6 Å². The molecule has 0 aromatic heterocycles. The zero-order valence-electron chi connectivity index (χ0n) is 8.44. The van der Waals surface area contributed by atoms with Crippen molar-refractivity contribution in [1.82, 2.24) is 0 Å². The van der Waals surface area contributed by atoms with E-state index >= 15 is 0 Å². The lowest BCUT2D eigenvalue weighted by Crippen LogP contribution is -2.05. The lowest BCUT2D eigenvalue weighted by atomic mass is 9.94. The Morgan fingerprint density at radius 3 is 2.77 bits per heavy atom. The van der Waals surface area contributed by atoms with Crippen LogP contribution in [-0.2, 0) is 4.79 Å². The number of carbonyl (C=O) groups is 1. The number of ketones is 1. The fourth-order valence-corrected chi connectivity index (χ4v) is 1.58. The third-order valence-corrected chi connectivity index (χ3v) is 2.43. The van der Waals surface area contributed by atoms with Crippen LogP contribution < -0.4 is 0 Å². The molecule has 72 valence electrons. The Kier molecular flexibility index (Phi) is 3.94. The zero-order valence-corrected chi connectivity index (χ0v) is 8.44. The molecule has 13 heavy (non-hydrogen) atoms. The fraction of sp³-hybridized carbons (Fsp3) is 0.583. The molecule has 1 aliphatic rings. The van der Waals surface area contributed by atoms with Gasteiger partial charge in [0.25, 0.3) is 0 Å². The van der Waals surface area contributed by atoms with Crippen LogP contribution in [0.3, 0.4) is 0 Å². The zero-order chi connectivity index (χ0) is 9.68. The Morgan fingerprint density at radius 2 is 2.23 bits per heavy atom. The highest BCUT2D eigenvalue weighted by Crippen LogP contribution is 2.20. The van der Waals surface area contributed by atoms with Gasteiger partial charge in [0, 0.05) is 6.42 Å². The summed E-state index contributed by atoms with van der Waals surface area (Å²) in [7, 11) is 0. The molecule has 1 rings (SSSR count). The summed E-state index contributed by atoms with van der Waals surface area (Å²) in [6, 6.07) is 0. The summed E-state index contributed by atoms with van der Waals surface area (Å²) >= 11 is 0. The van der Waals surface area contributed by atoms with Gasteiger partial charge < -0.3 is 0 Å². The summed E-state index contributed by atoms with van der Waals surface area (Å²) in [5, 5.41) is 0. The SMILES string of the molecule is C=C(C)CCC(=O)C1=CCCCC1. The lowest BCUT2D eigenvalue weighted by Gasteiger charge is -2.11. The van der Waals surface area contributed by atoms with E-state index in [9.17, 15) is 4.79 Å². The van der Waals surface area contributed by atoms with Crippen molar-refractivity contribution < 1.29 is 4.79 Å². The Hall–Kier alpha value is -0.850. The van der Waals surface area contributed by atoms with Crippen molar-refractivity contribution in [3.05, 3.63) is 23.8 Å². The first kappa shape index (κ1) is 10.2. The van der Waals surface area contributed by atoms with E-state index < -0.39 is 0 Å². The van der Waals surface area contributed by atoms with Gasteiger partial charge in [-0.25, -0.2) is 0 Å². The molecule has 0 unspecified atom stereocenters. The molecule has 0 heterocycles. The summed E-state index contributed by atoms with van der Waals surface area (Å²) in [6.07, 6.45) is 8.13. The maximum atomic E-state index is 11.6. The smallest absolute Gasteiger partial charge is 0.158 e. The number of hydrogen-bond donors (Lipinski definition) is 0. The molecule has 0 bridgehead atoms. The van der Waals surface area contributed by atoms with E-state index in [-0.39, 0.29) is 0 Å². The van der Waals surface area contributed by atoms with Gasteiger partial charge in [0.2, 0.25) is 0 Å². The number of carbonyl (C=O) groups excluding carboxylic acids is 1. The third kappa shape index (κ3) is 3.58. The van der Waals surface area contributed by atoms with Gasteiger partial charge in [0.15, 0.2) is 5.78 Å². The molecule has 0 saturated heterocycles. The summed E-state index contributed by atoms with van der Waals surface area (Å²) in [6.45, 7) is 5.78. The summed E-state index contributed by atoms with van der Waals surface area (Å²) in [5.74, 6) is 0.336. The molecule has 0 saturated carbocycles. The maximum absolute atomic E-state index is 11.6. The van der Waals surface area contributed by atoms with Crippen LogP contribution in [0.25, 0.3) is 0 Å². The summed E-state index contributed by atoms with van der Waals surface area (Å²) in [5.41, 5.74) is 2.16. The summed E-state index contributed by atoms with van der Waals surface area (Å²) in [4.78, 5) is 11.6. The van der Waals surface area contributed by atoms with Crippen molar-refractivity contribution in [2.45, 2.75) is 45.4 Å². The molecule has 0 radical (unpaired) electrons. The molecule has 0 aromatic carbocycles. The van der Waals surface area contributed by atoms with Gasteiger partial charge in [-0.05, 0) is 44.6 Å².